The number of aromatic nitrogens is 4. The number of anilines is 1. The quantitative estimate of drug-likeness (QED) is 0.672. The summed E-state index contributed by atoms with van der Waals surface area (Å²) in [4.78, 5) is 47.8. The molecule has 0 spiro atoms. The van der Waals surface area contributed by atoms with E-state index in [9.17, 15) is 18.8 Å². The zero-order chi connectivity index (χ0) is 20.0. The summed E-state index contributed by atoms with van der Waals surface area (Å²) in [5.74, 6) is -0.422. The van der Waals surface area contributed by atoms with E-state index in [2.05, 4.69) is 9.97 Å². The summed E-state index contributed by atoms with van der Waals surface area (Å²) in [6, 6.07) is 5.91. The number of aryl methyl sites for hydroxylation is 1. The molecule has 28 heavy (non-hydrogen) atoms. The minimum Gasteiger partial charge on any atom is -0.339 e. The molecule has 1 aliphatic rings. The third kappa shape index (κ3) is 2.77. The van der Waals surface area contributed by atoms with Crippen molar-refractivity contribution in [3.63, 3.8) is 0 Å². The number of hydrogen-bond acceptors (Lipinski definition) is 5. The molecular weight excluding hydrogens is 367 g/mol. The molecule has 1 fully saturated rings. The van der Waals surface area contributed by atoms with Crippen molar-refractivity contribution >= 4 is 23.0 Å². The number of imidazole rings is 1. The summed E-state index contributed by atoms with van der Waals surface area (Å²) in [5.41, 5.74) is -0.295. The Bertz CT molecular complexity index is 1190. The van der Waals surface area contributed by atoms with Crippen molar-refractivity contribution in [1.29, 1.82) is 0 Å². The lowest BCUT2D eigenvalue weighted by Crippen LogP contribution is -2.49. The van der Waals surface area contributed by atoms with Crippen LogP contribution in [0.3, 0.4) is 0 Å². The van der Waals surface area contributed by atoms with Crippen LogP contribution >= 0.6 is 0 Å². The molecule has 0 bridgehead atoms. The zero-order valence-corrected chi connectivity index (χ0v) is 15.5. The molecule has 1 amide bonds. The van der Waals surface area contributed by atoms with Crippen molar-refractivity contribution in [3.8, 4) is 0 Å². The molecule has 3 aromatic rings. The molecular formula is C18H19FN6O3. The molecule has 1 aliphatic heterocycles. The first-order chi connectivity index (χ1) is 13.4. The molecule has 146 valence electrons. The number of amides is 1. The Morgan fingerprint density at radius 3 is 2.43 bits per heavy atom. The van der Waals surface area contributed by atoms with E-state index in [1.54, 1.807) is 24.1 Å². The summed E-state index contributed by atoms with van der Waals surface area (Å²) in [6.45, 7) is 1.71. The molecule has 0 atom stereocenters. The molecule has 9 nitrogen and oxygen atoms in total. The van der Waals surface area contributed by atoms with Gasteiger partial charge in [0.05, 0.1) is 5.56 Å². The number of aromatic amines is 1. The van der Waals surface area contributed by atoms with Crippen LogP contribution in [0, 0.1) is 5.82 Å². The van der Waals surface area contributed by atoms with Gasteiger partial charge in [0.25, 0.3) is 11.5 Å². The molecule has 2 aromatic heterocycles. The summed E-state index contributed by atoms with van der Waals surface area (Å²) in [5, 5.41) is 0. The van der Waals surface area contributed by atoms with Gasteiger partial charge in [-0.15, -0.1) is 0 Å². The van der Waals surface area contributed by atoms with Crippen LogP contribution in [-0.4, -0.2) is 56.1 Å². The summed E-state index contributed by atoms with van der Waals surface area (Å²) < 4.78 is 16.2. The van der Waals surface area contributed by atoms with Gasteiger partial charge in [-0.2, -0.15) is 4.98 Å². The fourth-order valence-corrected chi connectivity index (χ4v) is 3.39. The standard InChI is InChI=1S/C18H19FN6O3/c1-22-14-13(16(27)23(2)18(22)28)20-17(21-14)25-9-7-24(8-10-25)15(26)11-5-3-4-6-12(11)19/h3-6H,7-10H2,1-2H3,(H,20,21). The van der Waals surface area contributed by atoms with Gasteiger partial charge in [0.2, 0.25) is 5.95 Å². The molecule has 1 aromatic carbocycles. The molecule has 4 rings (SSSR count). The average Bonchev–Trinajstić information content (AvgIpc) is 3.16. The Morgan fingerprint density at radius 2 is 1.75 bits per heavy atom. The Morgan fingerprint density at radius 1 is 1.07 bits per heavy atom. The van der Waals surface area contributed by atoms with Crippen LogP contribution in [0.4, 0.5) is 10.3 Å². The number of rotatable bonds is 2. The van der Waals surface area contributed by atoms with Crippen molar-refractivity contribution in [1.82, 2.24) is 24.0 Å². The first-order valence-electron chi connectivity index (χ1n) is 8.83. The number of carbonyl (C=O) groups is 1. The van der Waals surface area contributed by atoms with Gasteiger partial charge in [0.1, 0.15) is 5.82 Å². The Hall–Kier alpha value is -3.43. The predicted octanol–water partition coefficient (Wildman–Crippen LogP) is 0.0618. The van der Waals surface area contributed by atoms with Crippen LogP contribution < -0.4 is 16.1 Å². The van der Waals surface area contributed by atoms with Crippen molar-refractivity contribution in [2.45, 2.75) is 0 Å². The highest BCUT2D eigenvalue weighted by Gasteiger charge is 2.26. The molecule has 1 N–H and O–H groups in total. The number of halogens is 1. The smallest absolute Gasteiger partial charge is 0.332 e. The third-order valence-electron chi connectivity index (χ3n) is 5.05. The molecule has 0 unspecified atom stereocenters. The van der Waals surface area contributed by atoms with Crippen molar-refractivity contribution < 1.29 is 9.18 Å². The number of benzene rings is 1. The molecule has 10 heteroatoms. The van der Waals surface area contributed by atoms with E-state index in [0.717, 1.165) is 4.57 Å². The Kier molecular flexibility index (Phi) is 4.25. The van der Waals surface area contributed by atoms with Gasteiger partial charge in [-0.1, -0.05) is 12.1 Å². The average molecular weight is 386 g/mol. The first-order valence-corrected chi connectivity index (χ1v) is 8.83. The van der Waals surface area contributed by atoms with Gasteiger partial charge < -0.3 is 14.8 Å². The van der Waals surface area contributed by atoms with E-state index in [0.29, 0.717) is 32.1 Å². The van der Waals surface area contributed by atoms with Crippen LogP contribution in [0.2, 0.25) is 0 Å². The van der Waals surface area contributed by atoms with Gasteiger partial charge in [0.15, 0.2) is 11.2 Å². The van der Waals surface area contributed by atoms with Crippen LogP contribution in [0.25, 0.3) is 11.2 Å². The topological polar surface area (TPSA) is 96.2 Å². The number of nitrogens with one attached hydrogen (secondary N) is 1. The number of H-pyrrole nitrogens is 1. The lowest BCUT2D eigenvalue weighted by Gasteiger charge is -2.34. The van der Waals surface area contributed by atoms with Gasteiger partial charge in [0, 0.05) is 40.3 Å². The van der Waals surface area contributed by atoms with Crippen LogP contribution in [0.15, 0.2) is 33.9 Å². The monoisotopic (exact) mass is 386 g/mol. The largest absolute Gasteiger partial charge is 0.339 e. The van der Waals surface area contributed by atoms with E-state index in [-0.39, 0.29) is 22.6 Å². The van der Waals surface area contributed by atoms with E-state index in [1.165, 1.54) is 23.7 Å². The van der Waals surface area contributed by atoms with Crippen molar-refractivity contribution in [2.75, 3.05) is 31.1 Å². The maximum atomic E-state index is 13.9. The van der Waals surface area contributed by atoms with Crippen molar-refractivity contribution in [2.24, 2.45) is 14.1 Å². The molecule has 1 saturated heterocycles. The van der Waals surface area contributed by atoms with Crippen LogP contribution in [0.5, 0.6) is 0 Å². The Balaban J connectivity index is 1.56. The SMILES string of the molecule is Cn1c(=O)c2[nH]c(N3CCN(C(=O)c4ccccc4F)CC3)nc2n(C)c1=O. The highest BCUT2D eigenvalue weighted by molar-refractivity contribution is 5.94. The fourth-order valence-electron chi connectivity index (χ4n) is 3.39. The molecule has 0 aliphatic carbocycles. The summed E-state index contributed by atoms with van der Waals surface area (Å²) in [6.07, 6.45) is 0. The number of nitrogens with zero attached hydrogens (tertiary/aromatic N) is 5. The van der Waals surface area contributed by atoms with Gasteiger partial charge in [-0.05, 0) is 12.1 Å². The summed E-state index contributed by atoms with van der Waals surface area (Å²) in [7, 11) is 2.97. The molecule has 0 radical (unpaired) electrons. The normalized spacial score (nSPS) is 14.7. The number of carbonyl (C=O) groups excluding carboxylic acids is 1. The third-order valence-corrected chi connectivity index (χ3v) is 5.05. The van der Waals surface area contributed by atoms with E-state index in [1.807, 2.05) is 4.90 Å². The van der Waals surface area contributed by atoms with Crippen LogP contribution in [0.1, 0.15) is 10.4 Å². The van der Waals surface area contributed by atoms with Crippen molar-refractivity contribution in [3.05, 3.63) is 56.5 Å². The maximum absolute atomic E-state index is 13.9. The second-order valence-electron chi connectivity index (χ2n) is 6.72. The molecule has 0 saturated carbocycles. The highest BCUT2D eigenvalue weighted by Crippen LogP contribution is 2.17. The van der Waals surface area contributed by atoms with E-state index in [4.69, 9.17) is 0 Å². The van der Waals surface area contributed by atoms with Crippen LogP contribution in [-0.2, 0) is 14.1 Å². The minimum absolute atomic E-state index is 0.0539. The highest BCUT2D eigenvalue weighted by atomic mass is 19.1. The number of hydrogen-bond donors (Lipinski definition) is 1. The molecule has 3 heterocycles. The zero-order valence-electron chi connectivity index (χ0n) is 15.5. The van der Waals surface area contributed by atoms with Gasteiger partial charge in [-0.3, -0.25) is 18.7 Å². The Labute approximate surface area is 158 Å². The number of piperazine rings is 1. The van der Waals surface area contributed by atoms with Gasteiger partial charge in [-0.25, -0.2) is 9.18 Å². The predicted molar refractivity (Wildman–Crippen MR) is 101 cm³/mol. The van der Waals surface area contributed by atoms with E-state index >= 15 is 0 Å². The second kappa shape index (κ2) is 6.63. The lowest BCUT2D eigenvalue weighted by molar-refractivity contribution is 0.0741. The fraction of sp³-hybridized carbons (Fsp3) is 0.333. The second-order valence-corrected chi connectivity index (χ2v) is 6.72. The lowest BCUT2D eigenvalue weighted by atomic mass is 10.1. The number of fused-ring (bicyclic) bond motifs is 1. The summed E-state index contributed by atoms with van der Waals surface area (Å²) >= 11 is 0. The first kappa shape index (κ1) is 18.0. The van der Waals surface area contributed by atoms with E-state index < -0.39 is 17.1 Å². The minimum atomic E-state index is -0.538. The maximum Gasteiger partial charge on any atom is 0.332 e. The van der Waals surface area contributed by atoms with Gasteiger partial charge >= 0.3 is 5.69 Å².